The van der Waals surface area contributed by atoms with E-state index in [1.807, 2.05) is 42.4 Å². The molecule has 0 spiro atoms. The zero-order valence-corrected chi connectivity index (χ0v) is 36.8. The highest BCUT2D eigenvalue weighted by molar-refractivity contribution is 14.1. The summed E-state index contributed by atoms with van der Waals surface area (Å²) in [6.07, 6.45) is 11.9. The summed E-state index contributed by atoms with van der Waals surface area (Å²) in [5.74, 6) is 1.65. The molecular formula is C44H49F2IN12O3. The van der Waals surface area contributed by atoms with Crippen LogP contribution < -0.4 is 20.4 Å². The molecule has 3 N–H and O–H groups in total. The Labute approximate surface area is 371 Å². The van der Waals surface area contributed by atoms with E-state index in [9.17, 15) is 23.5 Å². The summed E-state index contributed by atoms with van der Waals surface area (Å²) >= 11 is 2.25. The predicted octanol–water partition coefficient (Wildman–Crippen LogP) is 7.81. The quantitative estimate of drug-likeness (QED) is 0.142. The first-order valence-corrected chi connectivity index (χ1v) is 22.3. The predicted molar refractivity (Wildman–Crippen MR) is 240 cm³/mol. The number of β-amino-alcohol motifs (C(OH)–C–C–N with tert-alkyl or cyclic N) is 1. The smallest absolute Gasteiger partial charge is 0.322 e. The van der Waals surface area contributed by atoms with Gasteiger partial charge in [-0.25, -0.2) is 37.4 Å². The Hall–Kier alpha value is -5.63. The van der Waals surface area contributed by atoms with Crippen molar-refractivity contribution in [3.8, 4) is 0 Å². The standard InChI is InChI=1S/C23H27FN6O.C21H22FIN6O2/c1-15-7-10-28(14-15)23(31)26-19-13-25-30-11-8-21(27-22(19)30)29-9-3-4-20(29)18-12-17(24)6-5-16(18)2;22-13-3-4-16(23)15(10-13)18-2-1-7-28(18)19-6-9-29-20(26-19)17(11-24-29)25-21(31)27-8-5-14(30)12-27/h5-6,8,11-13,15,20H,3-4,7,9-10,14H2,1-2H3,(H,26,31);3-4,6,9-11,14,18,30H,1-2,5,7-8,12H2,(H,25,31)/t15-,20+;14-,18+/m00/s1. The van der Waals surface area contributed by atoms with Gasteiger partial charge in [0.2, 0.25) is 0 Å². The molecule has 2 aromatic carbocycles. The van der Waals surface area contributed by atoms with E-state index in [2.05, 4.69) is 60.1 Å². The number of aliphatic hydroxyl groups excluding tert-OH is 1. The van der Waals surface area contributed by atoms with E-state index < -0.39 is 6.10 Å². The summed E-state index contributed by atoms with van der Waals surface area (Å²) < 4.78 is 32.2. The fraction of sp³-hybridized carbons (Fsp3) is 0.409. The maximum atomic E-state index is 13.9. The molecule has 4 saturated heterocycles. The van der Waals surface area contributed by atoms with Crippen molar-refractivity contribution in [3.63, 3.8) is 0 Å². The van der Waals surface area contributed by atoms with E-state index in [-0.39, 0.29) is 35.8 Å². The van der Waals surface area contributed by atoms with Gasteiger partial charge in [-0.2, -0.15) is 10.2 Å². The minimum atomic E-state index is -0.475. The third kappa shape index (κ3) is 8.58. The third-order valence-corrected chi connectivity index (χ3v) is 13.3. The van der Waals surface area contributed by atoms with E-state index in [1.165, 1.54) is 12.1 Å². The number of carbonyl (C=O) groups is 2. The van der Waals surface area contributed by atoms with Gasteiger partial charge in [0.15, 0.2) is 11.3 Å². The lowest BCUT2D eigenvalue weighted by atomic mass is 9.99. The van der Waals surface area contributed by atoms with Crippen LogP contribution in [0.4, 0.5) is 41.4 Å². The SMILES string of the molecule is Cc1ccc(F)cc1[C@H]1CCCN1c1ccn2ncc(NC(=O)N3CC[C@H](C)C3)c2n1.O=C(Nc1cnn2ccc(N3CCC[C@@H]3c3cc(F)ccc3I)nc12)N1CC[C@H](O)C1. The molecule has 4 aromatic heterocycles. The van der Waals surface area contributed by atoms with E-state index in [4.69, 9.17) is 9.97 Å². The number of hydrogen-bond donors (Lipinski definition) is 3. The zero-order chi connectivity index (χ0) is 43.1. The van der Waals surface area contributed by atoms with E-state index in [0.717, 1.165) is 90.2 Å². The van der Waals surface area contributed by atoms with Gasteiger partial charge in [0.1, 0.15) is 34.6 Å². The van der Waals surface area contributed by atoms with Gasteiger partial charge in [-0.15, -0.1) is 0 Å². The topological polar surface area (TPSA) is 152 Å². The number of hydrogen-bond acceptors (Lipinski definition) is 9. The molecular weight excluding hydrogens is 909 g/mol. The number of anilines is 4. The Balaban J connectivity index is 0.000000158. The number of fused-ring (bicyclic) bond motifs is 2. The third-order valence-electron chi connectivity index (χ3n) is 12.4. The van der Waals surface area contributed by atoms with Crippen LogP contribution in [-0.2, 0) is 0 Å². The van der Waals surface area contributed by atoms with E-state index in [1.54, 1.807) is 44.5 Å². The van der Waals surface area contributed by atoms with Crippen LogP contribution in [0.25, 0.3) is 11.3 Å². The molecule has 4 aliphatic rings. The minimum absolute atomic E-state index is 0.0459. The molecule has 4 atom stereocenters. The first kappa shape index (κ1) is 41.7. The first-order chi connectivity index (χ1) is 30.0. The second kappa shape index (κ2) is 17.6. The number of urea groups is 2. The lowest BCUT2D eigenvalue weighted by Gasteiger charge is -2.27. The molecule has 0 saturated carbocycles. The maximum absolute atomic E-state index is 13.9. The van der Waals surface area contributed by atoms with Gasteiger partial charge >= 0.3 is 12.1 Å². The van der Waals surface area contributed by atoms with Crippen molar-refractivity contribution in [3.05, 3.63) is 105 Å². The number of aromatic nitrogens is 6. The van der Waals surface area contributed by atoms with Crippen molar-refractivity contribution in [2.24, 2.45) is 5.92 Å². The number of rotatable bonds is 6. The monoisotopic (exact) mass is 958 g/mol. The Morgan fingerprint density at radius 2 is 1.24 bits per heavy atom. The van der Waals surface area contributed by atoms with Gasteiger partial charge in [0, 0.05) is 55.2 Å². The van der Waals surface area contributed by atoms with Crippen molar-refractivity contribution in [1.29, 1.82) is 0 Å². The number of carbonyl (C=O) groups excluding carboxylic acids is 2. The summed E-state index contributed by atoms with van der Waals surface area (Å²) in [6.45, 7) is 8.24. The molecule has 324 valence electrons. The Morgan fingerprint density at radius 3 is 1.79 bits per heavy atom. The normalized spacial score (nSPS) is 21.3. The fourth-order valence-electron chi connectivity index (χ4n) is 9.12. The molecule has 0 unspecified atom stereocenters. The highest BCUT2D eigenvalue weighted by atomic mass is 127. The summed E-state index contributed by atoms with van der Waals surface area (Å²) in [5.41, 5.74) is 5.33. The van der Waals surface area contributed by atoms with Crippen molar-refractivity contribution < 1.29 is 23.5 Å². The first-order valence-electron chi connectivity index (χ1n) is 21.2. The molecule has 18 heteroatoms. The number of nitrogens with one attached hydrogen (secondary N) is 2. The van der Waals surface area contributed by atoms with Crippen LogP contribution in [0.5, 0.6) is 0 Å². The van der Waals surface area contributed by atoms with Gasteiger partial charge in [0.25, 0.3) is 0 Å². The number of benzene rings is 2. The van der Waals surface area contributed by atoms with Crippen LogP contribution in [0.3, 0.4) is 0 Å². The van der Waals surface area contributed by atoms with Crippen LogP contribution >= 0.6 is 22.6 Å². The van der Waals surface area contributed by atoms with Gasteiger partial charge in [-0.05, 0) is 133 Å². The van der Waals surface area contributed by atoms with Crippen LogP contribution in [0, 0.1) is 28.0 Å². The van der Waals surface area contributed by atoms with Crippen LogP contribution in [-0.4, -0.2) is 102 Å². The molecule has 6 aromatic rings. The van der Waals surface area contributed by atoms with Gasteiger partial charge in [0.05, 0.1) is 30.6 Å². The molecule has 0 aliphatic carbocycles. The lowest BCUT2D eigenvalue weighted by Crippen LogP contribution is -2.33. The fourth-order valence-corrected chi connectivity index (χ4v) is 9.81. The number of likely N-dealkylation sites (tertiary alicyclic amines) is 2. The zero-order valence-electron chi connectivity index (χ0n) is 34.6. The summed E-state index contributed by atoms with van der Waals surface area (Å²) in [4.78, 5) is 42.7. The summed E-state index contributed by atoms with van der Waals surface area (Å²) in [5, 5.41) is 24.1. The van der Waals surface area contributed by atoms with Gasteiger partial charge in [-0.1, -0.05) is 13.0 Å². The second-order valence-electron chi connectivity index (χ2n) is 16.7. The Kier molecular flexibility index (Phi) is 11.9. The molecule has 15 nitrogen and oxygen atoms in total. The molecule has 0 radical (unpaired) electrons. The Bertz CT molecular complexity index is 2450. The number of halogens is 3. The van der Waals surface area contributed by atoms with E-state index in [0.29, 0.717) is 48.1 Å². The molecule has 10 rings (SSSR count). The van der Waals surface area contributed by atoms with Gasteiger partial charge < -0.3 is 35.3 Å². The molecule has 4 fully saturated rings. The molecule has 4 amide bonds. The molecule has 4 aliphatic heterocycles. The second-order valence-corrected chi connectivity index (χ2v) is 17.8. The highest BCUT2D eigenvalue weighted by Gasteiger charge is 2.32. The number of nitrogens with zero attached hydrogens (tertiary/aromatic N) is 10. The van der Waals surface area contributed by atoms with Crippen molar-refractivity contribution >= 4 is 69.0 Å². The molecule has 8 heterocycles. The minimum Gasteiger partial charge on any atom is -0.391 e. The Morgan fingerprint density at radius 1 is 0.710 bits per heavy atom. The lowest BCUT2D eigenvalue weighted by molar-refractivity contribution is 0.176. The number of aliphatic hydroxyl groups is 1. The highest BCUT2D eigenvalue weighted by Crippen LogP contribution is 2.39. The average molecular weight is 959 g/mol. The largest absolute Gasteiger partial charge is 0.391 e. The molecule has 62 heavy (non-hydrogen) atoms. The van der Waals surface area contributed by atoms with Gasteiger partial charge in [-0.3, -0.25) is 0 Å². The maximum Gasteiger partial charge on any atom is 0.322 e. The average Bonchev–Trinajstić information content (AvgIpc) is 4.13. The van der Waals surface area contributed by atoms with Crippen molar-refractivity contribution in [1.82, 2.24) is 39.0 Å². The van der Waals surface area contributed by atoms with Crippen molar-refractivity contribution in [2.75, 3.05) is 59.7 Å². The molecule has 0 bridgehead atoms. The van der Waals surface area contributed by atoms with Crippen LogP contribution in [0.2, 0.25) is 0 Å². The van der Waals surface area contributed by atoms with E-state index >= 15 is 0 Å². The number of aryl methyl sites for hydroxylation is 1. The van der Waals surface area contributed by atoms with Crippen molar-refractivity contribution in [2.45, 2.75) is 70.6 Å². The number of amides is 4. The summed E-state index contributed by atoms with van der Waals surface area (Å²) in [7, 11) is 0. The van der Waals surface area contributed by atoms with Crippen LogP contribution in [0.15, 0.2) is 73.3 Å². The summed E-state index contributed by atoms with van der Waals surface area (Å²) in [6, 6.07) is 13.4. The van der Waals surface area contributed by atoms with Crippen LogP contribution in [0.1, 0.15) is 74.2 Å².